The number of sulfone groups is 1. The van der Waals surface area contributed by atoms with E-state index in [1.165, 1.54) is 13.2 Å². The number of aromatic nitrogens is 1. The summed E-state index contributed by atoms with van der Waals surface area (Å²) in [6, 6.07) is 14.7. The van der Waals surface area contributed by atoms with Crippen molar-refractivity contribution in [1.29, 1.82) is 0 Å². The van der Waals surface area contributed by atoms with Gasteiger partial charge in [0.15, 0.2) is 0 Å². The Hall–Kier alpha value is -2.73. The van der Waals surface area contributed by atoms with Gasteiger partial charge in [0.25, 0.3) is 0 Å². The number of unbranched alkanes of at least 4 members (excludes halogenated alkanes) is 1. The van der Waals surface area contributed by atoms with Gasteiger partial charge in [0.1, 0.15) is 10.6 Å². The van der Waals surface area contributed by atoms with Gasteiger partial charge in [-0.25, -0.2) is 13.4 Å². The summed E-state index contributed by atoms with van der Waals surface area (Å²) in [6.07, 6.45) is 2.99. The average molecular weight is 414 g/mol. The monoisotopic (exact) mass is 413 g/mol. The number of hydrogen-bond acceptors (Lipinski definition) is 4. The number of ether oxygens (including phenoxy) is 1. The van der Waals surface area contributed by atoms with Crippen molar-refractivity contribution in [3.8, 4) is 16.9 Å². The Balaban J connectivity index is 1.95. The van der Waals surface area contributed by atoms with E-state index in [0.29, 0.717) is 11.4 Å². The molecule has 3 aromatic rings. The van der Waals surface area contributed by atoms with Gasteiger partial charge in [0.2, 0.25) is 15.8 Å². The van der Waals surface area contributed by atoms with Crippen LogP contribution in [-0.2, 0) is 16.3 Å². The van der Waals surface area contributed by atoms with Gasteiger partial charge in [0, 0.05) is 11.3 Å². The third-order valence-corrected chi connectivity index (χ3v) is 6.67. The van der Waals surface area contributed by atoms with Crippen LogP contribution in [0.15, 0.2) is 64.4 Å². The van der Waals surface area contributed by atoms with Crippen molar-refractivity contribution in [2.24, 2.45) is 0 Å². The van der Waals surface area contributed by atoms with Crippen molar-refractivity contribution < 1.29 is 17.5 Å². The van der Waals surface area contributed by atoms with Crippen molar-refractivity contribution >= 4 is 9.84 Å². The molecule has 3 rings (SSSR count). The third kappa shape index (κ3) is 4.48. The maximum absolute atomic E-state index is 13.2. The van der Waals surface area contributed by atoms with Crippen molar-refractivity contribution in [2.75, 3.05) is 7.11 Å². The van der Waals surface area contributed by atoms with E-state index in [9.17, 15) is 12.8 Å². The number of hydrogen-bond donors (Lipinski definition) is 0. The molecular formula is C23H24FNO3S. The molecule has 0 aliphatic rings. The topological polar surface area (TPSA) is 56.3 Å². The second-order valence-electron chi connectivity index (χ2n) is 6.88. The first-order chi connectivity index (χ1) is 13.9. The molecule has 0 atom stereocenters. The van der Waals surface area contributed by atoms with Crippen LogP contribution in [0.25, 0.3) is 11.1 Å². The summed E-state index contributed by atoms with van der Waals surface area (Å²) in [4.78, 5) is 4.14. The average Bonchev–Trinajstić information content (AvgIpc) is 2.72. The molecule has 0 saturated heterocycles. The molecule has 152 valence electrons. The van der Waals surface area contributed by atoms with E-state index >= 15 is 0 Å². The highest BCUT2D eigenvalue weighted by atomic mass is 32.2. The lowest BCUT2D eigenvalue weighted by Crippen LogP contribution is -2.05. The second kappa shape index (κ2) is 8.74. The molecule has 6 heteroatoms. The Labute approximate surface area is 171 Å². The third-order valence-electron chi connectivity index (χ3n) is 4.86. The lowest BCUT2D eigenvalue weighted by atomic mass is 10.1. The Bertz CT molecular complexity index is 1110. The van der Waals surface area contributed by atoms with Crippen molar-refractivity contribution in [2.45, 2.75) is 42.9 Å². The van der Waals surface area contributed by atoms with Gasteiger partial charge in [-0.05, 0) is 67.3 Å². The van der Waals surface area contributed by atoms with Gasteiger partial charge in [-0.2, -0.15) is 4.39 Å². The standard InChI is InChI=1S/C23H24FNO3S/c1-4-5-6-17-7-13-22(21(15-17)28-3)29(26,27)19-10-8-18(9-11-19)20-12-14-23(24)25-16(20)2/h7-15H,4-6H2,1-3H3. The fraction of sp³-hybridized carbons (Fsp3) is 0.261. The Morgan fingerprint density at radius 2 is 1.76 bits per heavy atom. The van der Waals surface area contributed by atoms with Crippen LogP contribution in [-0.4, -0.2) is 20.5 Å². The van der Waals surface area contributed by atoms with Gasteiger partial charge in [-0.3, -0.25) is 0 Å². The molecule has 0 spiro atoms. The Kier molecular flexibility index (Phi) is 6.33. The first-order valence-corrected chi connectivity index (χ1v) is 11.0. The molecule has 0 amide bonds. The summed E-state index contributed by atoms with van der Waals surface area (Å²) < 4.78 is 44.9. The van der Waals surface area contributed by atoms with Crippen LogP contribution in [0, 0.1) is 12.9 Å². The smallest absolute Gasteiger partial charge is 0.213 e. The fourth-order valence-electron chi connectivity index (χ4n) is 3.25. The summed E-state index contributed by atoms with van der Waals surface area (Å²) in [5.41, 5.74) is 3.13. The minimum absolute atomic E-state index is 0.146. The van der Waals surface area contributed by atoms with E-state index in [1.807, 2.05) is 6.07 Å². The molecule has 2 aromatic carbocycles. The zero-order valence-corrected chi connectivity index (χ0v) is 17.6. The molecular weight excluding hydrogens is 389 g/mol. The number of aryl methyl sites for hydroxylation is 2. The summed E-state index contributed by atoms with van der Waals surface area (Å²) >= 11 is 0. The van der Waals surface area contributed by atoms with E-state index in [4.69, 9.17) is 4.74 Å². The minimum Gasteiger partial charge on any atom is -0.495 e. The lowest BCUT2D eigenvalue weighted by molar-refractivity contribution is 0.402. The predicted octanol–water partition coefficient (Wildman–Crippen LogP) is 5.38. The van der Waals surface area contributed by atoms with E-state index in [0.717, 1.165) is 36.0 Å². The quantitative estimate of drug-likeness (QED) is 0.488. The zero-order chi connectivity index (χ0) is 21.0. The highest BCUT2D eigenvalue weighted by Gasteiger charge is 2.22. The van der Waals surface area contributed by atoms with E-state index < -0.39 is 15.8 Å². The highest BCUT2D eigenvalue weighted by Crippen LogP contribution is 2.32. The van der Waals surface area contributed by atoms with Gasteiger partial charge < -0.3 is 4.74 Å². The van der Waals surface area contributed by atoms with Gasteiger partial charge >= 0.3 is 0 Å². The molecule has 4 nitrogen and oxygen atoms in total. The van der Waals surface area contributed by atoms with E-state index in [-0.39, 0.29) is 9.79 Å². The molecule has 0 unspecified atom stereocenters. The van der Waals surface area contributed by atoms with Crippen LogP contribution in [0.1, 0.15) is 31.0 Å². The number of methoxy groups -OCH3 is 1. The maximum atomic E-state index is 13.2. The normalized spacial score (nSPS) is 11.4. The Morgan fingerprint density at radius 1 is 1.03 bits per heavy atom. The SMILES string of the molecule is CCCCc1ccc(S(=O)(=O)c2ccc(-c3ccc(F)nc3C)cc2)c(OC)c1. The van der Waals surface area contributed by atoms with Gasteiger partial charge in [-0.15, -0.1) is 0 Å². The minimum atomic E-state index is -3.74. The fourth-order valence-corrected chi connectivity index (χ4v) is 4.65. The van der Waals surface area contributed by atoms with Crippen molar-refractivity contribution in [3.05, 3.63) is 71.8 Å². The number of benzene rings is 2. The zero-order valence-electron chi connectivity index (χ0n) is 16.8. The van der Waals surface area contributed by atoms with Crippen LogP contribution in [0.3, 0.4) is 0 Å². The molecule has 0 radical (unpaired) electrons. The number of rotatable bonds is 7. The van der Waals surface area contributed by atoms with E-state index in [2.05, 4.69) is 11.9 Å². The summed E-state index contributed by atoms with van der Waals surface area (Å²) in [5, 5.41) is 0. The Morgan fingerprint density at radius 3 is 2.38 bits per heavy atom. The van der Waals surface area contributed by atoms with Crippen LogP contribution >= 0.6 is 0 Å². The highest BCUT2D eigenvalue weighted by molar-refractivity contribution is 7.91. The van der Waals surface area contributed by atoms with Crippen LogP contribution in [0.2, 0.25) is 0 Å². The number of halogens is 1. The number of pyridine rings is 1. The molecule has 0 aliphatic heterocycles. The first-order valence-electron chi connectivity index (χ1n) is 9.52. The summed E-state index contributed by atoms with van der Waals surface area (Å²) in [6.45, 7) is 3.83. The van der Waals surface area contributed by atoms with Crippen LogP contribution in [0.4, 0.5) is 4.39 Å². The second-order valence-corrected chi connectivity index (χ2v) is 8.80. The van der Waals surface area contributed by atoms with Crippen LogP contribution in [0.5, 0.6) is 5.75 Å². The lowest BCUT2D eigenvalue weighted by Gasteiger charge is -2.12. The van der Waals surface area contributed by atoms with Crippen LogP contribution < -0.4 is 4.74 Å². The predicted molar refractivity (Wildman–Crippen MR) is 111 cm³/mol. The molecule has 29 heavy (non-hydrogen) atoms. The molecule has 1 heterocycles. The first kappa shape index (κ1) is 21.0. The maximum Gasteiger partial charge on any atom is 0.213 e. The van der Waals surface area contributed by atoms with Crippen molar-refractivity contribution in [1.82, 2.24) is 4.98 Å². The van der Waals surface area contributed by atoms with Crippen molar-refractivity contribution in [3.63, 3.8) is 0 Å². The summed E-state index contributed by atoms with van der Waals surface area (Å²) in [7, 11) is -2.26. The van der Waals surface area contributed by atoms with Gasteiger partial charge in [-0.1, -0.05) is 31.5 Å². The molecule has 0 aliphatic carbocycles. The molecule has 1 aromatic heterocycles. The molecule has 0 fully saturated rings. The van der Waals surface area contributed by atoms with Gasteiger partial charge in [0.05, 0.1) is 12.0 Å². The molecule has 0 N–H and O–H groups in total. The molecule has 0 saturated carbocycles. The molecule has 0 bridgehead atoms. The largest absolute Gasteiger partial charge is 0.495 e. The number of nitrogens with zero attached hydrogens (tertiary/aromatic N) is 1. The summed E-state index contributed by atoms with van der Waals surface area (Å²) in [5.74, 6) is -0.193. The van der Waals surface area contributed by atoms with E-state index in [1.54, 1.807) is 49.4 Å².